The molecule has 204 valence electrons. The van der Waals surface area contributed by atoms with Gasteiger partial charge in [0.15, 0.2) is 5.60 Å². The van der Waals surface area contributed by atoms with Crippen LogP contribution in [0.3, 0.4) is 0 Å². The van der Waals surface area contributed by atoms with Crippen LogP contribution in [0.1, 0.15) is 55.3 Å². The van der Waals surface area contributed by atoms with Crippen molar-refractivity contribution in [2.24, 2.45) is 5.73 Å². The van der Waals surface area contributed by atoms with Crippen LogP contribution in [-0.2, 0) is 10.3 Å². The quantitative estimate of drug-likeness (QED) is 0.204. The minimum Gasteiger partial charge on any atom is -0.428 e. The lowest BCUT2D eigenvalue weighted by Crippen LogP contribution is -2.37. The van der Waals surface area contributed by atoms with E-state index in [2.05, 4.69) is 5.32 Å². The number of rotatable bonds is 8. The number of carbonyl (C=O) groups excluding carboxylic acids is 2. The normalized spacial score (nSPS) is 11.2. The highest BCUT2D eigenvalue weighted by Gasteiger charge is 2.40. The van der Waals surface area contributed by atoms with E-state index in [1.54, 1.807) is 12.1 Å². The average molecular weight is 541 g/mol. The summed E-state index contributed by atoms with van der Waals surface area (Å²) < 4.78 is 5.93. The summed E-state index contributed by atoms with van der Waals surface area (Å²) in [5.41, 5.74) is 11.2. The molecule has 5 nitrogen and oxygen atoms in total. The molecule has 0 heterocycles. The average Bonchev–Trinajstić information content (AvgIpc) is 3.00. The molecule has 41 heavy (non-hydrogen) atoms. The number of nitrogens with two attached hydrogens (primary N) is 1. The van der Waals surface area contributed by atoms with Gasteiger partial charge in [-0.25, -0.2) is 4.79 Å². The van der Waals surface area contributed by atoms with Crippen molar-refractivity contribution in [3.05, 3.63) is 178 Å². The first-order valence-corrected chi connectivity index (χ1v) is 13.5. The first kappa shape index (κ1) is 27.4. The van der Waals surface area contributed by atoms with Crippen LogP contribution in [0.15, 0.2) is 133 Å². The van der Waals surface area contributed by atoms with Gasteiger partial charge >= 0.3 is 6.09 Å². The molecule has 0 saturated heterocycles. The summed E-state index contributed by atoms with van der Waals surface area (Å²) in [6, 6.07) is 42.0. The van der Waals surface area contributed by atoms with Crippen LogP contribution < -0.4 is 11.1 Å². The third-order valence-electron chi connectivity index (χ3n) is 7.26. The minimum atomic E-state index is -1.30. The Balaban J connectivity index is 1.52. The molecule has 0 saturated carbocycles. The van der Waals surface area contributed by atoms with Crippen molar-refractivity contribution >= 4 is 12.0 Å². The molecule has 5 heteroatoms. The molecule has 2 amide bonds. The van der Waals surface area contributed by atoms with Crippen molar-refractivity contribution in [2.75, 3.05) is 0 Å². The molecule has 5 rings (SSSR count). The molecule has 0 aliphatic rings. The number of ether oxygens (including phenoxy) is 1. The molecule has 0 atom stereocenters. The summed E-state index contributed by atoms with van der Waals surface area (Å²) in [6.45, 7) is 4.08. The van der Waals surface area contributed by atoms with Crippen molar-refractivity contribution in [3.63, 3.8) is 0 Å². The van der Waals surface area contributed by atoms with Crippen LogP contribution >= 0.6 is 0 Å². The van der Waals surface area contributed by atoms with E-state index in [4.69, 9.17) is 10.5 Å². The molecule has 5 aromatic rings. The van der Waals surface area contributed by atoms with Gasteiger partial charge in [0.2, 0.25) is 0 Å². The Hall–Kier alpha value is -5.16. The number of benzene rings is 5. The fourth-order valence-corrected chi connectivity index (χ4v) is 5.12. The summed E-state index contributed by atoms with van der Waals surface area (Å²) in [6.07, 6.45) is -0.904. The molecule has 5 aromatic carbocycles. The maximum Gasteiger partial charge on any atom is 0.406 e. The van der Waals surface area contributed by atoms with Gasteiger partial charge in [-0.3, -0.25) is 4.79 Å². The zero-order chi connectivity index (χ0) is 28.8. The zero-order valence-electron chi connectivity index (χ0n) is 23.1. The Labute approximate surface area is 240 Å². The Morgan fingerprint density at radius 2 is 1.02 bits per heavy atom. The first-order chi connectivity index (χ1) is 19.9. The van der Waals surface area contributed by atoms with Gasteiger partial charge < -0.3 is 15.8 Å². The molecule has 0 unspecified atom stereocenters. The second-order valence-corrected chi connectivity index (χ2v) is 10.1. The number of hydrogen-bond donors (Lipinski definition) is 2. The van der Waals surface area contributed by atoms with Gasteiger partial charge in [-0.15, -0.1) is 0 Å². The van der Waals surface area contributed by atoms with Crippen LogP contribution in [0.5, 0.6) is 0 Å². The molecule has 0 aliphatic heterocycles. The molecular formula is C36H32N2O3. The SMILES string of the molecule is Cc1ccc(C(NC(=O)c2ccc(C(OC(N)=O)(c3ccccc3)c3ccccc3)cc2)c2ccc(C)cc2)cc1. The summed E-state index contributed by atoms with van der Waals surface area (Å²) >= 11 is 0. The van der Waals surface area contributed by atoms with Gasteiger partial charge in [0.05, 0.1) is 6.04 Å². The Morgan fingerprint density at radius 1 is 0.610 bits per heavy atom. The lowest BCUT2D eigenvalue weighted by atomic mass is 9.80. The molecule has 0 radical (unpaired) electrons. The summed E-state index contributed by atoms with van der Waals surface area (Å²) in [4.78, 5) is 25.9. The molecule has 0 aliphatic carbocycles. The maximum absolute atomic E-state index is 13.6. The molecular weight excluding hydrogens is 508 g/mol. The van der Waals surface area contributed by atoms with Crippen molar-refractivity contribution in [2.45, 2.75) is 25.5 Å². The lowest BCUT2D eigenvalue weighted by Gasteiger charge is -2.34. The van der Waals surface area contributed by atoms with E-state index >= 15 is 0 Å². The van der Waals surface area contributed by atoms with Gasteiger partial charge in [0, 0.05) is 22.3 Å². The van der Waals surface area contributed by atoms with Crippen LogP contribution in [0, 0.1) is 13.8 Å². The van der Waals surface area contributed by atoms with Crippen LogP contribution in [0.2, 0.25) is 0 Å². The number of aryl methyl sites for hydroxylation is 2. The highest BCUT2D eigenvalue weighted by molar-refractivity contribution is 5.94. The highest BCUT2D eigenvalue weighted by atomic mass is 16.6. The van der Waals surface area contributed by atoms with E-state index in [9.17, 15) is 9.59 Å². The van der Waals surface area contributed by atoms with Crippen LogP contribution in [-0.4, -0.2) is 12.0 Å². The van der Waals surface area contributed by atoms with Gasteiger partial charge in [-0.1, -0.05) is 132 Å². The standard InChI is InChI=1S/C36H32N2O3/c1-25-13-17-27(18-14-25)33(28-19-15-26(2)16-20-28)38-34(39)29-21-23-32(24-22-29)36(41-35(37)40,30-9-5-3-6-10-30)31-11-7-4-8-12-31/h3-24,33H,1-2H3,(H2,37,40)(H,38,39). The molecule has 0 aromatic heterocycles. The van der Waals surface area contributed by atoms with E-state index in [1.807, 2.05) is 135 Å². The van der Waals surface area contributed by atoms with Gasteiger partial charge in [0.1, 0.15) is 0 Å². The third kappa shape index (κ3) is 5.89. The van der Waals surface area contributed by atoms with Crippen LogP contribution in [0.25, 0.3) is 0 Å². The fraction of sp³-hybridized carbons (Fsp3) is 0.111. The topological polar surface area (TPSA) is 81.4 Å². The largest absolute Gasteiger partial charge is 0.428 e. The Bertz CT molecular complexity index is 1530. The molecule has 3 N–H and O–H groups in total. The zero-order valence-corrected chi connectivity index (χ0v) is 23.1. The second kappa shape index (κ2) is 11.9. The maximum atomic E-state index is 13.6. The molecule has 0 fully saturated rings. The van der Waals surface area contributed by atoms with Crippen molar-refractivity contribution < 1.29 is 14.3 Å². The number of primary amides is 1. The minimum absolute atomic E-state index is 0.219. The summed E-state index contributed by atoms with van der Waals surface area (Å²) in [5.74, 6) is -0.219. The molecule has 0 bridgehead atoms. The molecule has 0 spiro atoms. The summed E-state index contributed by atoms with van der Waals surface area (Å²) in [5, 5.41) is 3.21. The summed E-state index contributed by atoms with van der Waals surface area (Å²) in [7, 11) is 0. The van der Waals surface area contributed by atoms with Gasteiger partial charge in [-0.05, 0) is 37.1 Å². The Kier molecular flexibility index (Phi) is 7.97. The Morgan fingerprint density at radius 3 is 1.44 bits per heavy atom. The van der Waals surface area contributed by atoms with E-state index in [0.29, 0.717) is 11.1 Å². The number of amides is 2. The predicted octanol–water partition coefficient (Wildman–Crippen LogP) is 7.21. The smallest absolute Gasteiger partial charge is 0.406 e. The highest BCUT2D eigenvalue weighted by Crippen LogP contribution is 2.40. The number of carbonyl (C=O) groups is 2. The van der Waals surface area contributed by atoms with Gasteiger partial charge in [-0.2, -0.15) is 0 Å². The number of hydrogen-bond acceptors (Lipinski definition) is 3. The first-order valence-electron chi connectivity index (χ1n) is 13.5. The fourth-order valence-electron chi connectivity index (χ4n) is 5.12. The van der Waals surface area contributed by atoms with Gasteiger partial charge in [0.25, 0.3) is 5.91 Å². The van der Waals surface area contributed by atoms with E-state index in [0.717, 1.165) is 33.4 Å². The van der Waals surface area contributed by atoms with Crippen molar-refractivity contribution in [1.29, 1.82) is 0 Å². The van der Waals surface area contributed by atoms with Crippen LogP contribution in [0.4, 0.5) is 4.79 Å². The number of nitrogens with one attached hydrogen (secondary N) is 1. The van der Waals surface area contributed by atoms with Crippen molar-refractivity contribution in [1.82, 2.24) is 5.32 Å². The monoisotopic (exact) mass is 540 g/mol. The lowest BCUT2D eigenvalue weighted by molar-refractivity contribution is 0.0746. The van der Waals surface area contributed by atoms with E-state index in [1.165, 1.54) is 0 Å². The van der Waals surface area contributed by atoms with E-state index in [-0.39, 0.29) is 11.9 Å². The van der Waals surface area contributed by atoms with Crippen molar-refractivity contribution in [3.8, 4) is 0 Å². The predicted molar refractivity (Wildman–Crippen MR) is 162 cm³/mol. The second-order valence-electron chi connectivity index (χ2n) is 10.1. The van der Waals surface area contributed by atoms with E-state index < -0.39 is 11.7 Å². The third-order valence-corrected chi connectivity index (χ3v) is 7.26.